The lowest BCUT2D eigenvalue weighted by molar-refractivity contribution is -0.907. The van der Waals surface area contributed by atoms with Crippen molar-refractivity contribution in [3.8, 4) is 5.75 Å². The fourth-order valence-electron chi connectivity index (χ4n) is 4.10. The summed E-state index contributed by atoms with van der Waals surface area (Å²) in [5.41, 5.74) is 0.463. The highest BCUT2D eigenvalue weighted by atomic mass is 32.2. The average Bonchev–Trinajstić information content (AvgIpc) is 3.17. The Balaban J connectivity index is 1.75. The summed E-state index contributed by atoms with van der Waals surface area (Å²) in [6.45, 7) is 9.10. The van der Waals surface area contributed by atoms with Crippen molar-refractivity contribution >= 4 is 21.6 Å². The van der Waals surface area contributed by atoms with E-state index in [1.165, 1.54) is 10.4 Å². The van der Waals surface area contributed by atoms with Crippen molar-refractivity contribution in [3.05, 3.63) is 18.2 Å². The van der Waals surface area contributed by atoms with Crippen molar-refractivity contribution in [2.75, 3.05) is 44.6 Å². The predicted octanol–water partition coefficient (Wildman–Crippen LogP) is 0.500. The zero-order valence-electron chi connectivity index (χ0n) is 17.4. The van der Waals surface area contributed by atoms with Gasteiger partial charge in [0, 0.05) is 18.8 Å². The maximum atomic E-state index is 13.1. The fourth-order valence-corrected chi connectivity index (χ4v) is 5.77. The molecule has 2 saturated heterocycles. The minimum Gasteiger partial charge on any atom is -0.492 e. The standard InChI is InChI=1S/C20H31N3O5S/c1-4-27-18-8-7-17(11-19(18)29(25,26)23-9-5-6-10-23)21-20(24)14-22-12-15(2)28-16(3)13-22/h7-8,11,15-16H,4-6,9-10,12-14H2,1-3H3,(H,21,24)/p+1/t15-,16-/m1/s1. The van der Waals surface area contributed by atoms with Gasteiger partial charge in [0.15, 0.2) is 6.54 Å². The van der Waals surface area contributed by atoms with E-state index in [1.807, 2.05) is 20.8 Å². The van der Waals surface area contributed by atoms with Gasteiger partial charge in [-0.1, -0.05) is 0 Å². The van der Waals surface area contributed by atoms with Gasteiger partial charge in [0.2, 0.25) is 10.0 Å². The monoisotopic (exact) mass is 426 g/mol. The van der Waals surface area contributed by atoms with Gasteiger partial charge >= 0.3 is 0 Å². The molecule has 2 aliphatic heterocycles. The van der Waals surface area contributed by atoms with E-state index in [0.717, 1.165) is 30.8 Å². The molecule has 2 N–H and O–H groups in total. The first kappa shape index (κ1) is 22.0. The lowest BCUT2D eigenvalue weighted by Crippen LogP contribution is -3.16. The van der Waals surface area contributed by atoms with E-state index in [9.17, 15) is 13.2 Å². The Bertz CT molecular complexity index is 813. The molecule has 162 valence electrons. The number of ether oxygens (including phenoxy) is 2. The first-order chi connectivity index (χ1) is 13.8. The van der Waals surface area contributed by atoms with Crippen LogP contribution in [0.25, 0.3) is 0 Å². The van der Waals surface area contributed by atoms with Crippen LogP contribution in [-0.2, 0) is 19.6 Å². The van der Waals surface area contributed by atoms with E-state index in [0.29, 0.717) is 37.7 Å². The van der Waals surface area contributed by atoms with E-state index in [2.05, 4.69) is 5.32 Å². The van der Waals surface area contributed by atoms with E-state index in [4.69, 9.17) is 9.47 Å². The number of benzene rings is 1. The lowest BCUT2D eigenvalue weighted by Gasteiger charge is -2.31. The molecule has 1 aromatic rings. The molecule has 2 atom stereocenters. The van der Waals surface area contributed by atoms with Crippen LogP contribution < -0.4 is 15.0 Å². The highest BCUT2D eigenvalue weighted by Crippen LogP contribution is 2.31. The third-order valence-corrected chi connectivity index (χ3v) is 7.16. The molecule has 0 aromatic heterocycles. The largest absolute Gasteiger partial charge is 0.492 e. The zero-order valence-corrected chi connectivity index (χ0v) is 18.3. The fraction of sp³-hybridized carbons (Fsp3) is 0.650. The molecule has 0 radical (unpaired) electrons. The first-order valence-electron chi connectivity index (χ1n) is 10.4. The van der Waals surface area contributed by atoms with Crippen LogP contribution in [0.4, 0.5) is 5.69 Å². The minimum atomic E-state index is -3.66. The summed E-state index contributed by atoms with van der Waals surface area (Å²) in [5.74, 6) is 0.175. The Hall–Kier alpha value is -1.68. The van der Waals surface area contributed by atoms with Gasteiger partial charge in [0.25, 0.3) is 5.91 Å². The predicted molar refractivity (Wildman–Crippen MR) is 110 cm³/mol. The normalized spacial score (nSPS) is 25.7. The number of nitrogens with one attached hydrogen (secondary N) is 2. The van der Waals surface area contributed by atoms with Crippen LogP contribution in [0.3, 0.4) is 0 Å². The summed E-state index contributed by atoms with van der Waals surface area (Å²) in [6.07, 6.45) is 1.95. The maximum absolute atomic E-state index is 13.1. The van der Waals surface area contributed by atoms with E-state index >= 15 is 0 Å². The SMILES string of the molecule is CCOc1ccc(NC(=O)C[NH+]2C[C@@H](C)O[C@H](C)C2)cc1S(=O)(=O)N1CCCC1. The topological polar surface area (TPSA) is 89.4 Å². The summed E-state index contributed by atoms with van der Waals surface area (Å²) >= 11 is 0. The number of rotatable bonds is 7. The number of morpholine rings is 1. The van der Waals surface area contributed by atoms with Gasteiger partial charge < -0.3 is 19.7 Å². The average molecular weight is 427 g/mol. The van der Waals surface area contributed by atoms with Gasteiger partial charge in [-0.25, -0.2) is 8.42 Å². The Kier molecular flexibility index (Phi) is 7.15. The number of anilines is 1. The third-order valence-electron chi connectivity index (χ3n) is 5.24. The number of quaternary nitrogens is 1. The number of hydrogen-bond acceptors (Lipinski definition) is 5. The molecule has 2 fully saturated rings. The van der Waals surface area contributed by atoms with Crippen LogP contribution >= 0.6 is 0 Å². The van der Waals surface area contributed by atoms with Crippen molar-refractivity contribution in [1.29, 1.82) is 0 Å². The Labute approximate surface area is 173 Å². The highest BCUT2D eigenvalue weighted by molar-refractivity contribution is 7.89. The summed E-state index contributed by atoms with van der Waals surface area (Å²) in [7, 11) is -3.66. The van der Waals surface area contributed by atoms with Gasteiger partial charge in [-0.3, -0.25) is 4.79 Å². The summed E-state index contributed by atoms with van der Waals surface area (Å²) in [6, 6.07) is 4.82. The van der Waals surface area contributed by atoms with Crippen molar-refractivity contribution < 1.29 is 27.6 Å². The number of hydrogen-bond donors (Lipinski definition) is 2. The number of carbonyl (C=O) groups excluding carboxylic acids is 1. The molecule has 3 rings (SSSR count). The molecule has 1 aromatic carbocycles. The number of sulfonamides is 1. The third kappa shape index (κ3) is 5.48. The second-order valence-corrected chi connectivity index (χ2v) is 9.75. The molecule has 0 unspecified atom stereocenters. The second kappa shape index (κ2) is 9.42. The molecule has 9 heteroatoms. The molecular weight excluding hydrogens is 394 g/mol. The smallest absolute Gasteiger partial charge is 0.279 e. The van der Waals surface area contributed by atoms with E-state index in [1.54, 1.807) is 12.1 Å². The Morgan fingerprint density at radius 1 is 1.24 bits per heavy atom. The van der Waals surface area contributed by atoms with Crippen LogP contribution in [0.2, 0.25) is 0 Å². The molecule has 0 saturated carbocycles. The maximum Gasteiger partial charge on any atom is 0.279 e. The van der Waals surface area contributed by atoms with Gasteiger partial charge in [-0.2, -0.15) is 4.31 Å². The van der Waals surface area contributed by atoms with Gasteiger partial charge in [0.05, 0.1) is 6.61 Å². The lowest BCUT2D eigenvalue weighted by atomic mass is 10.2. The molecule has 2 heterocycles. The summed E-state index contributed by atoms with van der Waals surface area (Å²) < 4.78 is 38.9. The molecule has 29 heavy (non-hydrogen) atoms. The van der Waals surface area contributed by atoms with E-state index in [-0.39, 0.29) is 23.0 Å². The second-order valence-electron chi connectivity index (χ2n) is 7.85. The Morgan fingerprint density at radius 2 is 1.90 bits per heavy atom. The van der Waals surface area contributed by atoms with Crippen molar-refractivity contribution in [1.82, 2.24) is 4.31 Å². The summed E-state index contributed by atoms with van der Waals surface area (Å²) in [4.78, 5) is 13.8. The van der Waals surface area contributed by atoms with Crippen LogP contribution in [0, 0.1) is 0 Å². The number of amides is 1. The summed E-state index contributed by atoms with van der Waals surface area (Å²) in [5, 5.41) is 2.85. The molecule has 8 nitrogen and oxygen atoms in total. The molecule has 0 spiro atoms. The molecular formula is C20H32N3O5S+. The number of nitrogens with zero attached hydrogens (tertiary/aromatic N) is 1. The molecule has 2 aliphatic rings. The van der Waals surface area contributed by atoms with Gasteiger partial charge in [0.1, 0.15) is 35.9 Å². The highest BCUT2D eigenvalue weighted by Gasteiger charge is 2.31. The van der Waals surface area contributed by atoms with Crippen molar-refractivity contribution in [3.63, 3.8) is 0 Å². The zero-order chi connectivity index (χ0) is 21.0. The van der Waals surface area contributed by atoms with E-state index < -0.39 is 10.0 Å². The van der Waals surface area contributed by atoms with Gasteiger partial charge in [-0.05, 0) is 51.8 Å². The molecule has 0 aliphatic carbocycles. The first-order valence-corrected chi connectivity index (χ1v) is 11.8. The minimum absolute atomic E-state index is 0.111. The van der Waals surface area contributed by atoms with Crippen LogP contribution in [0.5, 0.6) is 5.75 Å². The quantitative estimate of drug-likeness (QED) is 0.663. The van der Waals surface area contributed by atoms with Crippen LogP contribution in [0.15, 0.2) is 23.1 Å². The Morgan fingerprint density at radius 3 is 2.52 bits per heavy atom. The number of carbonyl (C=O) groups is 1. The molecule has 0 bridgehead atoms. The van der Waals surface area contributed by atoms with Crippen molar-refractivity contribution in [2.24, 2.45) is 0 Å². The van der Waals surface area contributed by atoms with Gasteiger partial charge in [-0.15, -0.1) is 0 Å². The van der Waals surface area contributed by atoms with Crippen LogP contribution in [0.1, 0.15) is 33.6 Å². The van der Waals surface area contributed by atoms with Crippen LogP contribution in [-0.4, -0.2) is 70.2 Å². The molecule has 1 amide bonds. The van der Waals surface area contributed by atoms with Crippen molar-refractivity contribution in [2.45, 2.75) is 50.7 Å².